The lowest BCUT2D eigenvalue weighted by Gasteiger charge is -2.26. The van der Waals surface area contributed by atoms with Crippen LogP contribution in [-0.2, 0) is 30.3 Å². The molecule has 126 valence electrons. The van der Waals surface area contributed by atoms with Crippen molar-refractivity contribution in [3.63, 3.8) is 0 Å². The summed E-state index contributed by atoms with van der Waals surface area (Å²) in [5, 5.41) is 9.64. The zero-order valence-electron chi connectivity index (χ0n) is 13.6. The fraction of sp³-hybridized carbons (Fsp3) is 0.471. The van der Waals surface area contributed by atoms with Gasteiger partial charge < -0.3 is 14.6 Å². The van der Waals surface area contributed by atoms with Crippen LogP contribution in [0.5, 0.6) is 0 Å². The maximum Gasteiger partial charge on any atom is 0.335 e. The smallest absolute Gasteiger partial charge is 0.335 e. The van der Waals surface area contributed by atoms with E-state index in [0.29, 0.717) is 12.0 Å². The van der Waals surface area contributed by atoms with Crippen LogP contribution in [0.2, 0.25) is 0 Å². The highest BCUT2D eigenvalue weighted by atomic mass is 16.6. The van der Waals surface area contributed by atoms with Gasteiger partial charge in [-0.05, 0) is 25.8 Å². The summed E-state index contributed by atoms with van der Waals surface area (Å²) >= 11 is 0. The minimum Gasteiger partial charge on any atom is -0.480 e. The first-order valence-corrected chi connectivity index (χ1v) is 7.54. The van der Waals surface area contributed by atoms with E-state index in [2.05, 4.69) is 0 Å². The molecule has 0 aliphatic rings. The van der Waals surface area contributed by atoms with Crippen LogP contribution in [0.3, 0.4) is 0 Å². The van der Waals surface area contributed by atoms with Gasteiger partial charge in [0.25, 0.3) is 5.41 Å². The monoisotopic (exact) mass is 322 g/mol. The van der Waals surface area contributed by atoms with Crippen molar-refractivity contribution < 1.29 is 29.0 Å². The van der Waals surface area contributed by atoms with Gasteiger partial charge in [-0.15, -0.1) is 0 Å². The molecule has 0 aliphatic heterocycles. The molecular formula is C17H22O6. The summed E-state index contributed by atoms with van der Waals surface area (Å²) in [6.07, 6.45) is -0.307. The predicted octanol–water partition coefficient (Wildman–Crippen LogP) is 2.20. The quantitative estimate of drug-likeness (QED) is 0.583. The average molecular weight is 322 g/mol. The van der Waals surface area contributed by atoms with Crippen molar-refractivity contribution in [1.82, 2.24) is 0 Å². The largest absolute Gasteiger partial charge is 0.480 e. The van der Waals surface area contributed by atoms with Crippen LogP contribution in [0.1, 0.15) is 32.8 Å². The predicted molar refractivity (Wildman–Crippen MR) is 82.7 cm³/mol. The van der Waals surface area contributed by atoms with Crippen LogP contribution in [0.15, 0.2) is 30.3 Å². The zero-order chi connectivity index (χ0) is 17.5. The fourth-order valence-corrected chi connectivity index (χ4v) is 2.00. The van der Waals surface area contributed by atoms with Crippen molar-refractivity contribution in [2.24, 2.45) is 5.41 Å². The molecule has 6 heteroatoms. The molecule has 2 atom stereocenters. The molecule has 1 rings (SSSR count). The second-order valence-corrected chi connectivity index (χ2v) is 5.22. The molecule has 1 N–H and O–H groups in total. The van der Waals surface area contributed by atoms with Gasteiger partial charge in [0.2, 0.25) is 0 Å². The van der Waals surface area contributed by atoms with Crippen LogP contribution in [0.25, 0.3) is 0 Å². The Morgan fingerprint density at radius 3 is 2.22 bits per heavy atom. The molecule has 0 heterocycles. The molecule has 0 spiro atoms. The van der Waals surface area contributed by atoms with E-state index >= 15 is 0 Å². The molecular weight excluding hydrogens is 300 g/mol. The second kappa shape index (κ2) is 8.31. The third-order valence-electron chi connectivity index (χ3n) is 3.53. The summed E-state index contributed by atoms with van der Waals surface area (Å²) in [6, 6.07) is 8.45. The van der Waals surface area contributed by atoms with E-state index in [-0.39, 0.29) is 13.0 Å². The number of hydrogen-bond acceptors (Lipinski definition) is 5. The highest BCUT2D eigenvalue weighted by Gasteiger charge is 2.56. The summed E-state index contributed by atoms with van der Waals surface area (Å²) < 4.78 is 10.0. The normalized spacial score (nSPS) is 14.4. The Morgan fingerprint density at radius 2 is 1.74 bits per heavy atom. The molecule has 0 aromatic heterocycles. The van der Waals surface area contributed by atoms with Crippen LogP contribution < -0.4 is 0 Å². The molecule has 0 fully saturated rings. The van der Waals surface area contributed by atoms with Crippen molar-refractivity contribution >= 4 is 17.9 Å². The lowest BCUT2D eigenvalue weighted by molar-refractivity contribution is -0.183. The Labute approximate surface area is 135 Å². The fourth-order valence-electron chi connectivity index (χ4n) is 2.00. The Kier molecular flexibility index (Phi) is 6.75. The van der Waals surface area contributed by atoms with Gasteiger partial charge in [-0.3, -0.25) is 14.4 Å². The first-order chi connectivity index (χ1) is 10.9. The van der Waals surface area contributed by atoms with Gasteiger partial charge >= 0.3 is 17.9 Å². The minimum atomic E-state index is -2.40. The number of hydrogen-bond donors (Lipinski definition) is 1. The van der Waals surface area contributed by atoms with E-state index in [4.69, 9.17) is 9.47 Å². The molecule has 2 unspecified atom stereocenters. The zero-order valence-corrected chi connectivity index (χ0v) is 13.6. The number of rotatable bonds is 8. The van der Waals surface area contributed by atoms with Crippen molar-refractivity contribution in [2.75, 3.05) is 6.61 Å². The first kappa shape index (κ1) is 18.7. The second-order valence-electron chi connectivity index (χ2n) is 5.22. The third kappa shape index (κ3) is 4.31. The summed E-state index contributed by atoms with van der Waals surface area (Å²) in [5.41, 5.74) is -1.87. The third-order valence-corrected chi connectivity index (χ3v) is 3.53. The number of aliphatic carboxylic acids is 1. The Bertz CT molecular complexity index is 553. The van der Waals surface area contributed by atoms with Crippen molar-refractivity contribution in [3.8, 4) is 0 Å². The number of carboxylic acids is 1. The van der Waals surface area contributed by atoms with Crippen molar-refractivity contribution in [3.05, 3.63) is 35.9 Å². The van der Waals surface area contributed by atoms with Crippen molar-refractivity contribution in [1.29, 1.82) is 0 Å². The highest BCUT2D eigenvalue weighted by molar-refractivity contribution is 6.17. The number of benzene rings is 1. The number of carboxylic acid groups (broad SMARTS) is 1. The lowest BCUT2D eigenvalue weighted by Crippen LogP contribution is -2.50. The van der Waals surface area contributed by atoms with Gasteiger partial charge in [0.1, 0.15) is 0 Å². The van der Waals surface area contributed by atoms with E-state index in [1.165, 1.54) is 0 Å². The minimum absolute atomic E-state index is 0.0285. The standard InChI is InChI=1S/C17H22O6/c1-4-12(3)23-16(21)17(14(18)19,15(20)22-5-2)11-13-9-7-6-8-10-13/h6-10,12H,4-5,11H2,1-3H3,(H,18,19). The van der Waals surface area contributed by atoms with Gasteiger partial charge in [-0.1, -0.05) is 37.3 Å². The Balaban J connectivity index is 3.27. The first-order valence-electron chi connectivity index (χ1n) is 7.54. The van der Waals surface area contributed by atoms with Gasteiger partial charge in [-0.2, -0.15) is 0 Å². The van der Waals surface area contributed by atoms with Gasteiger partial charge in [0.15, 0.2) is 0 Å². The molecule has 0 saturated carbocycles. The van der Waals surface area contributed by atoms with Crippen LogP contribution in [0.4, 0.5) is 0 Å². The topological polar surface area (TPSA) is 89.9 Å². The van der Waals surface area contributed by atoms with E-state index in [1.807, 2.05) is 0 Å². The molecule has 0 radical (unpaired) electrons. The molecule has 0 amide bonds. The van der Waals surface area contributed by atoms with E-state index in [0.717, 1.165) is 0 Å². The van der Waals surface area contributed by atoms with Crippen LogP contribution >= 0.6 is 0 Å². The van der Waals surface area contributed by atoms with E-state index < -0.39 is 29.4 Å². The molecule has 0 saturated heterocycles. The molecule has 6 nitrogen and oxygen atoms in total. The summed E-state index contributed by atoms with van der Waals surface area (Å²) in [6.45, 7) is 4.95. The lowest BCUT2D eigenvalue weighted by atomic mass is 9.81. The molecule has 0 aliphatic carbocycles. The summed E-state index contributed by atoms with van der Waals surface area (Å²) in [7, 11) is 0. The highest BCUT2D eigenvalue weighted by Crippen LogP contribution is 2.29. The summed E-state index contributed by atoms with van der Waals surface area (Å²) in [4.78, 5) is 36.7. The van der Waals surface area contributed by atoms with Crippen molar-refractivity contribution in [2.45, 2.75) is 39.7 Å². The van der Waals surface area contributed by atoms with E-state index in [9.17, 15) is 19.5 Å². The van der Waals surface area contributed by atoms with Crippen LogP contribution in [0, 0.1) is 5.41 Å². The Morgan fingerprint density at radius 1 is 1.13 bits per heavy atom. The van der Waals surface area contributed by atoms with E-state index in [1.54, 1.807) is 51.1 Å². The van der Waals surface area contributed by atoms with Gasteiger partial charge in [0.05, 0.1) is 12.7 Å². The molecule has 1 aromatic rings. The number of carbonyl (C=O) groups excluding carboxylic acids is 2. The molecule has 1 aromatic carbocycles. The molecule has 23 heavy (non-hydrogen) atoms. The number of ether oxygens (including phenoxy) is 2. The van der Waals surface area contributed by atoms with Gasteiger partial charge in [-0.25, -0.2) is 0 Å². The summed E-state index contributed by atoms with van der Waals surface area (Å²) in [5.74, 6) is -3.78. The number of carbonyl (C=O) groups is 3. The van der Waals surface area contributed by atoms with Crippen LogP contribution in [-0.4, -0.2) is 35.7 Å². The number of esters is 2. The molecule has 0 bridgehead atoms. The SMILES string of the molecule is CCOC(=O)C(Cc1ccccc1)(C(=O)O)C(=O)OC(C)CC. The average Bonchev–Trinajstić information content (AvgIpc) is 2.53. The maximum atomic E-state index is 12.5. The Hall–Kier alpha value is -2.37. The van der Waals surface area contributed by atoms with Gasteiger partial charge in [0, 0.05) is 6.42 Å². The maximum absolute atomic E-state index is 12.5.